The zero-order valence-electron chi connectivity index (χ0n) is 11.5. The fraction of sp³-hybridized carbons (Fsp3) is 0.867. The van der Waals surface area contributed by atoms with Crippen molar-refractivity contribution in [3.05, 3.63) is 0 Å². The molecule has 4 saturated carbocycles. The highest BCUT2D eigenvalue weighted by Gasteiger charge is 2.60. The van der Waals surface area contributed by atoms with E-state index in [0.717, 1.165) is 37.5 Å². The number of rotatable bonds is 4. The second kappa shape index (κ2) is 4.50. The van der Waals surface area contributed by atoms with Gasteiger partial charge in [0.15, 0.2) is 0 Å². The Morgan fingerprint density at radius 3 is 2.05 bits per heavy atom. The molecule has 0 radical (unpaired) electrons. The first-order valence-corrected chi connectivity index (χ1v) is 7.50. The predicted molar refractivity (Wildman–Crippen MR) is 70.4 cm³/mol. The smallest absolute Gasteiger partial charge is 0.310 e. The van der Waals surface area contributed by atoms with Crippen LogP contribution in [0.15, 0.2) is 0 Å². The molecule has 0 spiro atoms. The largest absolute Gasteiger partial charge is 0.481 e. The summed E-state index contributed by atoms with van der Waals surface area (Å²) in [7, 11) is 1.62. The van der Waals surface area contributed by atoms with Crippen LogP contribution in [0, 0.1) is 29.1 Å². The van der Waals surface area contributed by atoms with Gasteiger partial charge < -0.3 is 10.4 Å². The van der Waals surface area contributed by atoms with Crippen LogP contribution in [0.3, 0.4) is 0 Å². The fourth-order valence-electron chi connectivity index (χ4n) is 5.34. The van der Waals surface area contributed by atoms with Crippen molar-refractivity contribution in [3.8, 4) is 0 Å². The van der Waals surface area contributed by atoms with Gasteiger partial charge in [-0.15, -0.1) is 0 Å². The van der Waals surface area contributed by atoms with Crippen LogP contribution in [0.5, 0.6) is 0 Å². The number of hydrogen-bond donors (Lipinski definition) is 2. The Bertz CT molecular complexity index is 376. The summed E-state index contributed by atoms with van der Waals surface area (Å²) >= 11 is 0. The maximum atomic E-state index is 12.0. The van der Waals surface area contributed by atoms with Crippen molar-refractivity contribution in [2.24, 2.45) is 29.1 Å². The molecule has 2 N–H and O–H groups in total. The first kappa shape index (κ1) is 12.9. The SMILES string of the molecule is CNC(=O)CCC1(C(=O)O)C2CC3CC(C2)CC1C3. The molecule has 4 heteroatoms. The lowest BCUT2D eigenvalue weighted by Crippen LogP contribution is -2.56. The Morgan fingerprint density at radius 2 is 1.63 bits per heavy atom. The van der Waals surface area contributed by atoms with E-state index in [0.29, 0.717) is 24.7 Å². The maximum Gasteiger partial charge on any atom is 0.310 e. The van der Waals surface area contributed by atoms with Crippen molar-refractivity contribution < 1.29 is 14.7 Å². The van der Waals surface area contributed by atoms with Crippen molar-refractivity contribution >= 4 is 11.9 Å². The van der Waals surface area contributed by atoms with E-state index in [9.17, 15) is 14.7 Å². The third-order valence-electron chi connectivity index (χ3n) is 6.04. The second-order valence-electron chi connectivity index (χ2n) is 6.82. The van der Waals surface area contributed by atoms with Gasteiger partial charge in [-0.1, -0.05) is 0 Å². The van der Waals surface area contributed by atoms with Gasteiger partial charge in [0.25, 0.3) is 0 Å². The molecule has 0 aromatic heterocycles. The molecule has 0 saturated heterocycles. The molecule has 4 fully saturated rings. The molecule has 106 valence electrons. The van der Waals surface area contributed by atoms with E-state index < -0.39 is 11.4 Å². The molecule has 4 aliphatic carbocycles. The summed E-state index contributed by atoms with van der Waals surface area (Å²) in [6.07, 6.45) is 6.50. The highest BCUT2D eigenvalue weighted by molar-refractivity contribution is 5.79. The molecule has 4 bridgehead atoms. The summed E-state index contributed by atoms with van der Waals surface area (Å²) in [5, 5.41) is 12.5. The van der Waals surface area contributed by atoms with Crippen molar-refractivity contribution in [2.45, 2.75) is 44.9 Å². The lowest BCUT2D eigenvalue weighted by Gasteiger charge is -2.59. The van der Waals surface area contributed by atoms with Crippen LogP contribution >= 0.6 is 0 Å². The fourth-order valence-corrected chi connectivity index (χ4v) is 5.34. The Labute approximate surface area is 113 Å². The number of amides is 1. The summed E-state index contributed by atoms with van der Waals surface area (Å²) in [6.45, 7) is 0. The molecule has 0 atom stereocenters. The van der Waals surface area contributed by atoms with Gasteiger partial charge in [-0.3, -0.25) is 9.59 Å². The first-order chi connectivity index (χ1) is 9.06. The normalized spacial score (nSPS) is 43.2. The molecule has 0 unspecified atom stereocenters. The summed E-state index contributed by atoms with van der Waals surface area (Å²) in [4.78, 5) is 23.5. The van der Waals surface area contributed by atoms with E-state index in [1.165, 1.54) is 6.42 Å². The van der Waals surface area contributed by atoms with E-state index in [1.807, 2.05) is 0 Å². The van der Waals surface area contributed by atoms with Crippen molar-refractivity contribution in [2.75, 3.05) is 7.05 Å². The Kier molecular flexibility index (Phi) is 3.06. The summed E-state index contributed by atoms with van der Waals surface area (Å²) in [5.41, 5.74) is -0.611. The number of carbonyl (C=O) groups is 2. The summed E-state index contributed by atoms with van der Waals surface area (Å²) < 4.78 is 0. The Morgan fingerprint density at radius 1 is 1.11 bits per heavy atom. The van der Waals surface area contributed by atoms with Gasteiger partial charge in [0, 0.05) is 13.5 Å². The van der Waals surface area contributed by atoms with E-state index in [4.69, 9.17) is 0 Å². The van der Waals surface area contributed by atoms with Gasteiger partial charge in [-0.25, -0.2) is 0 Å². The summed E-state index contributed by atoms with van der Waals surface area (Å²) in [5.74, 6) is 1.46. The van der Waals surface area contributed by atoms with Gasteiger partial charge in [-0.05, 0) is 62.2 Å². The minimum Gasteiger partial charge on any atom is -0.481 e. The monoisotopic (exact) mass is 265 g/mol. The second-order valence-corrected chi connectivity index (χ2v) is 6.82. The van der Waals surface area contributed by atoms with Gasteiger partial charge in [0.1, 0.15) is 0 Å². The topological polar surface area (TPSA) is 66.4 Å². The van der Waals surface area contributed by atoms with Crippen LogP contribution in [0.2, 0.25) is 0 Å². The standard InChI is InChI=1S/C15H23NO3/c1-16-13(17)2-3-15(14(18)19)11-5-9-4-10(7-11)8-12(15)6-9/h9-12H,2-8H2,1H3,(H,16,17)(H,18,19). The molecular weight excluding hydrogens is 242 g/mol. The lowest BCUT2D eigenvalue weighted by atomic mass is 9.44. The number of carboxylic acid groups (broad SMARTS) is 1. The molecule has 0 aromatic carbocycles. The van der Waals surface area contributed by atoms with E-state index in [-0.39, 0.29) is 5.91 Å². The molecule has 19 heavy (non-hydrogen) atoms. The van der Waals surface area contributed by atoms with Crippen LogP contribution in [0.4, 0.5) is 0 Å². The van der Waals surface area contributed by atoms with Gasteiger partial charge in [-0.2, -0.15) is 0 Å². The lowest BCUT2D eigenvalue weighted by molar-refractivity contribution is -0.179. The minimum absolute atomic E-state index is 0.0329. The molecule has 0 aromatic rings. The highest BCUT2D eigenvalue weighted by Crippen LogP contribution is 2.63. The molecule has 0 aliphatic heterocycles. The molecular formula is C15H23NO3. The first-order valence-electron chi connectivity index (χ1n) is 7.50. The Hall–Kier alpha value is -1.06. The van der Waals surface area contributed by atoms with E-state index >= 15 is 0 Å². The van der Waals surface area contributed by atoms with Crippen LogP contribution in [-0.4, -0.2) is 24.0 Å². The number of carbonyl (C=O) groups excluding carboxylic acids is 1. The van der Waals surface area contributed by atoms with Crippen molar-refractivity contribution in [3.63, 3.8) is 0 Å². The number of aliphatic carboxylic acids is 1. The third-order valence-corrected chi connectivity index (χ3v) is 6.04. The average molecular weight is 265 g/mol. The Balaban J connectivity index is 1.84. The van der Waals surface area contributed by atoms with Gasteiger partial charge >= 0.3 is 5.97 Å². The maximum absolute atomic E-state index is 12.0. The average Bonchev–Trinajstić information content (AvgIpc) is 2.36. The molecule has 0 heterocycles. The van der Waals surface area contributed by atoms with Crippen LogP contribution < -0.4 is 5.32 Å². The minimum atomic E-state index is -0.648. The van der Waals surface area contributed by atoms with Crippen LogP contribution in [0.25, 0.3) is 0 Å². The predicted octanol–water partition coefficient (Wildman–Crippen LogP) is 2.04. The van der Waals surface area contributed by atoms with E-state index in [2.05, 4.69) is 5.32 Å². The molecule has 4 rings (SSSR count). The molecule has 4 aliphatic rings. The van der Waals surface area contributed by atoms with E-state index in [1.54, 1.807) is 7.05 Å². The number of nitrogens with one attached hydrogen (secondary N) is 1. The van der Waals surface area contributed by atoms with Gasteiger partial charge in [0.05, 0.1) is 5.41 Å². The van der Waals surface area contributed by atoms with Crippen molar-refractivity contribution in [1.29, 1.82) is 0 Å². The van der Waals surface area contributed by atoms with Gasteiger partial charge in [0.2, 0.25) is 5.91 Å². The van der Waals surface area contributed by atoms with Crippen LogP contribution in [0.1, 0.15) is 44.9 Å². The zero-order chi connectivity index (χ0) is 13.6. The van der Waals surface area contributed by atoms with Crippen LogP contribution in [-0.2, 0) is 9.59 Å². The highest BCUT2D eigenvalue weighted by atomic mass is 16.4. The molecule has 4 nitrogen and oxygen atoms in total. The number of carboxylic acids is 1. The third kappa shape index (κ3) is 1.87. The zero-order valence-corrected chi connectivity index (χ0v) is 11.5. The summed E-state index contributed by atoms with van der Waals surface area (Å²) in [6, 6.07) is 0. The molecule has 1 amide bonds. The quantitative estimate of drug-likeness (QED) is 0.817. The number of hydrogen-bond acceptors (Lipinski definition) is 2. The van der Waals surface area contributed by atoms with Crippen molar-refractivity contribution in [1.82, 2.24) is 5.32 Å².